The predicted molar refractivity (Wildman–Crippen MR) is 83.8 cm³/mol. The molecule has 21 heavy (non-hydrogen) atoms. The van der Waals surface area contributed by atoms with Crippen LogP contribution in [-0.2, 0) is 16.6 Å². The first-order valence-corrected chi connectivity index (χ1v) is 9.23. The standard InChI is InChI=1S/C15H22ClNO3S/c1-2-13-6-4-3-5-9-17(13)21(19,20)14-8-7-12(11-18)15(16)10-14/h7-8,10,13,18H,2-6,9,11H2,1H3. The molecule has 0 aliphatic carbocycles. The Kier molecular flexibility index (Phi) is 5.66. The van der Waals surface area contributed by atoms with Crippen LogP contribution in [0.3, 0.4) is 0 Å². The normalized spacial score (nSPS) is 21.2. The van der Waals surface area contributed by atoms with E-state index in [9.17, 15) is 8.42 Å². The maximum atomic E-state index is 12.9. The van der Waals surface area contributed by atoms with Crippen molar-refractivity contribution in [3.63, 3.8) is 0 Å². The van der Waals surface area contributed by atoms with E-state index in [1.54, 1.807) is 10.4 Å². The zero-order valence-corrected chi connectivity index (χ0v) is 13.8. The summed E-state index contributed by atoms with van der Waals surface area (Å²) in [6, 6.07) is 4.62. The number of hydrogen-bond donors (Lipinski definition) is 1. The van der Waals surface area contributed by atoms with Crippen LogP contribution < -0.4 is 0 Å². The molecule has 1 N–H and O–H groups in total. The predicted octanol–water partition coefficient (Wildman–Crippen LogP) is 3.18. The van der Waals surface area contributed by atoms with Crippen LogP contribution in [0.4, 0.5) is 0 Å². The number of nitrogens with zero attached hydrogens (tertiary/aromatic N) is 1. The molecule has 1 unspecified atom stereocenters. The van der Waals surface area contributed by atoms with Gasteiger partial charge in [0.25, 0.3) is 0 Å². The molecule has 6 heteroatoms. The van der Waals surface area contributed by atoms with E-state index in [4.69, 9.17) is 16.7 Å². The Hall–Kier alpha value is -0.620. The monoisotopic (exact) mass is 331 g/mol. The highest BCUT2D eigenvalue weighted by Crippen LogP contribution is 2.28. The summed E-state index contributed by atoms with van der Waals surface area (Å²) in [7, 11) is -3.53. The minimum atomic E-state index is -3.53. The first-order chi connectivity index (χ1) is 10.0. The molecule has 0 amide bonds. The van der Waals surface area contributed by atoms with Crippen LogP contribution in [-0.4, -0.2) is 30.4 Å². The van der Waals surface area contributed by atoms with Crippen molar-refractivity contribution >= 4 is 21.6 Å². The Balaban J connectivity index is 2.37. The number of halogens is 1. The summed E-state index contributed by atoms with van der Waals surface area (Å²) in [4.78, 5) is 0.213. The van der Waals surface area contributed by atoms with E-state index in [2.05, 4.69) is 0 Å². The van der Waals surface area contributed by atoms with Gasteiger partial charge in [-0.2, -0.15) is 4.31 Å². The lowest BCUT2D eigenvalue weighted by molar-refractivity contribution is 0.282. The lowest BCUT2D eigenvalue weighted by Crippen LogP contribution is -2.39. The third-order valence-electron chi connectivity index (χ3n) is 4.10. The van der Waals surface area contributed by atoms with Gasteiger partial charge < -0.3 is 5.11 Å². The molecule has 0 spiro atoms. The van der Waals surface area contributed by atoms with Crippen molar-refractivity contribution in [3.05, 3.63) is 28.8 Å². The molecule has 0 aromatic heterocycles. The number of sulfonamides is 1. The van der Waals surface area contributed by atoms with E-state index in [1.165, 1.54) is 12.1 Å². The van der Waals surface area contributed by atoms with Crippen molar-refractivity contribution in [1.82, 2.24) is 4.31 Å². The van der Waals surface area contributed by atoms with Crippen molar-refractivity contribution in [2.45, 2.75) is 56.6 Å². The molecule has 0 radical (unpaired) electrons. The van der Waals surface area contributed by atoms with Gasteiger partial charge in [-0.15, -0.1) is 0 Å². The smallest absolute Gasteiger partial charge is 0.243 e. The number of benzene rings is 1. The highest BCUT2D eigenvalue weighted by atomic mass is 35.5. The zero-order chi connectivity index (χ0) is 15.5. The van der Waals surface area contributed by atoms with Crippen LogP contribution in [0.15, 0.2) is 23.1 Å². The zero-order valence-electron chi connectivity index (χ0n) is 12.3. The molecule has 0 saturated carbocycles. The molecule has 1 atom stereocenters. The Morgan fingerprint density at radius 2 is 2.10 bits per heavy atom. The van der Waals surface area contributed by atoms with Crippen molar-refractivity contribution in [1.29, 1.82) is 0 Å². The van der Waals surface area contributed by atoms with Gasteiger partial charge in [0.15, 0.2) is 0 Å². The van der Waals surface area contributed by atoms with Crippen LogP contribution in [0, 0.1) is 0 Å². The molecule has 1 aliphatic heterocycles. The second-order valence-corrected chi connectivity index (χ2v) is 7.74. The maximum absolute atomic E-state index is 12.9. The van der Waals surface area contributed by atoms with Crippen LogP contribution >= 0.6 is 11.6 Å². The van der Waals surface area contributed by atoms with E-state index in [1.807, 2.05) is 6.92 Å². The minimum absolute atomic E-state index is 0.0637. The van der Waals surface area contributed by atoms with Crippen LogP contribution in [0.1, 0.15) is 44.6 Å². The third-order valence-corrected chi connectivity index (χ3v) is 6.40. The largest absolute Gasteiger partial charge is 0.392 e. The fraction of sp³-hybridized carbons (Fsp3) is 0.600. The molecule has 1 aromatic carbocycles. The van der Waals surface area contributed by atoms with Crippen molar-refractivity contribution in [2.75, 3.05) is 6.54 Å². The molecule has 1 aromatic rings. The fourth-order valence-electron chi connectivity index (χ4n) is 2.83. The Morgan fingerprint density at radius 3 is 2.71 bits per heavy atom. The average molecular weight is 332 g/mol. The molecular formula is C15H22ClNO3S. The highest BCUT2D eigenvalue weighted by molar-refractivity contribution is 7.89. The molecule has 2 rings (SSSR count). The fourth-order valence-corrected chi connectivity index (χ4v) is 4.93. The summed E-state index contributed by atoms with van der Waals surface area (Å²) >= 11 is 6.03. The quantitative estimate of drug-likeness (QED) is 0.921. The van der Waals surface area contributed by atoms with Crippen molar-refractivity contribution < 1.29 is 13.5 Å². The van der Waals surface area contributed by atoms with Gasteiger partial charge in [-0.3, -0.25) is 0 Å². The molecule has 118 valence electrons. The van der Waals surface area contributed by atoms with Crippen LogP contribution in [0.5, 0.6) is 0 Å². The molecule has 1 heterocycles. The average Bonchev–Trinajstić information content (AvgIpc) is 2.72. The van der Waals surface area contributed by atoms with Gasteiger partial charge in [0.1, 0.15) is 0 Å². The van der Waals surface area contributed by atoms with E-state index in [0.29, 0.717) is 17.1 Å². The Morgan fingerprint density at radius 1 is 1.33 bits per heavy atom. The minimum Gasteiger partial charge on any atom is -0.392 e. The number of hydrogen-bond acceptors (Lipinski definition) is 3. The Labute approximate surface area is 131 Å². The highest BCUT2D eigenvalue weighted by Gasteiger charge is 2.31. The first-order valence-electron chi connectivity index (χ1n) is 7.41. The van der Waals surface area contributed by atoms with Crippen molar-refractivity contribution in [2.24, 2.45) is 0 Å². The molecule has 1 saturated heterocycles. The van der Waals surface area contributed by atoms with Gasteiger partial charge in [-0.25, -0.2) is 8.42 Å². The maximum Gasteiger partial charge on any atom is 0.243 e. The summed E-state index contributed by atoms with van der Waals surface area (Å²) in [6.07, 6.45) is 4.79. The molecule has 1 fully saturated rings. The van der Waals surface area contributed by atoms with E-state index in [-0.39, 0.29) is 17.5 Å². The first kappa shape index (κ1) is 16.7. The van der Waals surface area contributed by atoms with Gasteiger partial charge >= 0.3 is 0 Å². The Bertz CT molecular complexity index is 589. The molecular weight excluding hydrogens is 310 g/mol. The summed E-state index contributed by atoms with van der Waals surface area (Å²) in [5.41, 5.74) is 0.540. The lowest BCUT2D eigenvalue weighted by atomic mass is 10.1. The summed E-state index contributed by atoms with van der Waals surface area (Å²) in [5.74, 6) is 0. The van der Waals surface area contributed by atoms with Crippen molar-refractivity contribution in [3.8, 4) is 0 Å². The molecule has 1 aliphatic rings. The number of aliphatic hydroxyl groups excluding tert-OH is 1. The molecule has 4 nitrogen and oxygen atoms in total. The van der Waals surface area contributed by atoms with E-state index >= 15 is 0 Å². The van der Waals surface area contributed by atoms with Gasteiger partial charge in [0, 0.05) is 17.6 Å². The number of aliphatic hydroxyl groups is 1. The summed E-state index contributed by atoms with van der Waals surface area (Å²) < 4.78 is 27.4. The second-order valence-electron chi connectivity index (χ2n) is 5.44. The van der Waals surface area contributed by atoms with Crippen LogP contribution in [0.2, 0.25) is 5.02 Å². The van der Waals surface area contributed by atoms with Gasteiger partial charge in [0.05, 0.1) is 11.5 Å². The summed E-state index contributed by atoms with van der Waals surface area (Å²) in [5, 5.41) is 9.43. The van der Waals surface area contributed by atoms with Gasteiger partial charge in [-0.05, 0) is 37.0 Å². The molecule has 0 bridgehead atoms. The summed E-state index contributed by atoms with van der Waals surface area (Å²) in [6.45, 7) is 2.40. The SMILES string of the molecule is CCC1CCCCCN1S(=O)(=O)c1ccc(CO)c(Cl)c1. The van der Waals surface area contributed by atoms with E-state index < -0.39 is 10.0 Å². The topological polar surface area (TPSA) is 57.6 Å². The third kappa shape index (κ3) is 3.59. The van der Waals surface area contributed by atoms with Gasteiger partial charge in [-0.1, -0.05) is 37.4 Å². The van der Waals surface area contributed by atoms with E-state index in [0.717, 1.165) is 32.1 Å². The lowest BCUT2D eigenvalue weighted by Gasteiger charge is -2.28. The van der Waals surface area contributed by atoms with Gasteiger partial charge in [0.2, 0.25) is 10.0 Å². The number of rotatable bonds is 4. The second kappa shape index (κ2) is 7.09. The van der Waals surface area contributed by atoms with Crippen LogP contribution in [0.25, 0.3) is 0 Å².